The number of halogens is 2. The summed E-state index contributed by atoms with van der Waals surface area (Å²) in [7, 11) is 0. The summed E-state index contributed by atoms with van der Waals surface area (Å²) >= 11 is 6.81. The van der Waals surface area contributed by atoms with Crippen molar-refractivity contribution in [2.45, 2.75) is 19.4 Å². The molecule has 4 nitrogen and oxygen atoms in total. The number of ether oxygens (including phenoxy) is 1. The van der Waals surface area contributed by atoms with Gasteiger partial charge in [0.1, 0.15) is 5.75 Å². The summed E-state index contributed by atoms with van der Waals surface area (Å²) in [5.41, 5.74) is 0.753. The van der Waals surface area contributed by atoms with Gasteiger partial charge in [0.15, 0.2) is 6.10 Å². The molecule has 1 atom stereocenters. The zero-order valence-electron chi connectivity index (χ0n) is 13.1. The zero-order valence-corrected chi connectivity index (χ0v) is 16.2. The van der Waals surface area contributed by atoms with Crippen LogP contribution in [0, 0.1) is 11.3 Å². The second kappa shape index (κ2) is 8.86. The Morgan fingerprint density at radius 1 is 1.25 bits per heavy atom. The maximum absolute atomic E-state index is 12.8. The minimum atomic E-state index is -0.679. The third-order valence-electron chi connectivity index (χ3n) is 3.33. The highest BCUT2D eigenvalue weighted by atomic mass is 79.9. The molecule has 0 aromatic heterocycles. The lowest BCUT2D eigenvalue weighted by Gasteiger charge is -2.25. The number of para-hydroxylation sites is 1. The summed E-state index contributed by atoms with van der Waals surface area (Å²) in [5, 5.41) is 8.85. The average Bonchev–Trinajstić information content (AvgIpc) is 2.58. The van der Waals surface area contributed by atoms with E-state index in [9.17, 15) is 4.79 Å². The second-order valence-electron chi connectivity index (χ2n) is 5.07. The third kappa shape index (κ3) is 4.83. The minimum absolute atomic E-state index is 0.189. The Kier molecular flexibility index (Phi) is 6.83. The van der Waals surface area contributed by atoms with Crippen molar-refractivity contribution in [1.82, 2.24) is 0 Å². The molecule has 2 aromatic rings. The maximum atomic E-state index is 12.8. The molecular formula is C18H16Br2N2O2. The summed E-state index contributed by atoms with van der Waals surface area (Å²) in [6.07, 6.45) is -0.420. The molecule has 2 aromatic carbocycles. The Balaban J connectivity index is 2.17. The van der Waals surface area contributed by atoms with Crippen molar-refractivity contribution in [1.29, 1.82) is 5.26 Å². The van der Waals surface area contributed by atoms with Gasteiger partial charge < -0.3 is 9.64 Å². The largest absolute Gasteiger partial charge is 0.480 e. The summed E-state index contributed by atoms with van der Waals surface area (Å²) < 4.78 is 7.48. The van der Waals surface area contributed by atoms with Crippen molar-refractivity contribution in [2.75, 3.05) is 11.4 Å². The van der Waals surface area contributed by atoms with Crippen LogP contribution in [-0.2, 0) is 4.79 Å². The van der Waals surface area contributed by atoms with Gasteiger partial charge in [-0.1, -0.05) is 34.1 Å². The van der Waals surface area contributed by atoms with Crippen molar-refractivity contribution in [3.8, 4) is 11.8 Å². The predicted octanol–water partition coefficient (Wildman–Crippen LogP) is 4.93. The van der Waals surface area contributed by atoms with Gasteiger partial charge in [-0.05, 0) is 53.2 Å². The van der Waals surface area contributed by atoms with Crippen LogP contribution >= 0.6 is 31.9 Å². The molecule has 124 valence electrons. The number of carbonyl (C=O) groups excluding carboxylic acids is 1. The molecule has 0 radical (unpaired) electrons. The van der Waals surface area contributed by atoms with Gasteiger partial charge in [-0.15, -0.1) is 0 Å². The fourth-order valence-electron chi connectivity index (χ4n) is 2.17. The average molecular weight is 452 g/mol. The van der Waals surface area contributed by atoms with Gasteiger partial charge in [-0.3, -0.25) is 4.79 Å². The number of nitrogens with zero attached hydrogens (tertiary/aromatic N) is 2. The molecule has 24 heavy (non-hydrogen) atoms. The normalized spacial score (nSPS) is 11.4. The summed E-state index contributed by atoms with van der Waals surface area (Å²) in [4.78, 5) is 14.4. The molecular weight excluding hydrogens is 436 g/mol. The van der Waals surface area contributed by atoms with Gasteiger partial charge in [-0.2, -0.15) is 5.26 Å². The van der Waals surface area contributed by atoms with Gasteiger partial charge >= 0.3 is 0 Å². The van der Waals surface area contributed by atoms with Crippen LogP contribution in [0.15, 0.2) is 57.5 Å². The maximum Gasteiger partial charge on any atom is 0.267 e. The van der Waals surface area contributed by atoms with Crippen LogP contribution in [0.3, 0.4) is 0 Å². The Bertz CT molecular complexity index is 744. The molecule has 1 amide bonds. The van der Waals surface area contributed by atoms with Crippen molar-refractivity contribution >= 4 is 43.5 Å². The molecule has 0 aliphatic carbocycles. The highest BCUT2D eigenvalue weighted by Crippen LogP contribution is 2.29. The first-order valence-electron chi connectivity index (χ1n) is 7.38. The molecule has 0 N–H and O–H groups in total. The molecule has 6 heteroatoms. The first-order valence-corrected chi connectivity index (χ1v) is 8.96. The lowest BCUT2D eigenvalue weighted by Crippen LogP contribution is -2.41. The van der Waals surface area contributed by atoms with Crippen LogP contribution in [-0.4, -0.2) is 18.6 Å². The van der Waals surface area contributed by atoms with E-state index in [2.05, 4.69) is 37.9 Å². The fraction of sp³-hybridized carbons (Fsp3) is 0.222. The first kappa shape index (κ1) is 18.5. The summed E-state index contributed by atoms with van der Waals surface area (Å²) in [5.74, 6) is 0.401. The second-order valence-corrected chi connectivity index (χ2v) is 6.84. The van der Waals surface area contributed by atoms with E-state index in [0.29, 0.717) is 12.3 Å². The topological polar surface area (TPSA) is 53.3 Å². The van der Waals surface area contributed by atoms with E-state index in [1.807, 2.05) is 42.5 Å². The van der Waals surface area contributed by atoms with Crippen LogP contribution in [0.5, 0.6) is 5.75 Å². The summed E-state index contributed by atoms with van der Waals surface area (Å²) in [6.45, 7) is 2.04. The van der Waals surface area contributed by atoms with Crippen LogP contribution in [0.4, 0.5) is 5.69 Å². The summed E-state index contributed by atoms with van der Waals surface area (Å²) in [6, 6.07) is 16.9. The number of hydrogen-bond donors (Lipinski definition) is 0. The number of benzene rings is 2. The molecule has 0 fully saturated rings. The third-order valence-corrected chi connectivity index (χ3v) is 4.44. The van der Waals surface area contributed by atoms with Gasteiger partial charge in [-0.25, -0.2) is 0 Å². The SMILES string of the molecule is C[C@@H](Oc1ccc(Br)cc1Br)C(=O)N(CCC#N)c1ccccc1. The highest BCUT2D eigenvalue weighted by Gasteiger charge is 2.23. The molecule has 0 aliphatic heterocycles. The Hall–Kier alpha value is -1.84. The molecule has 0 saturated heterocycles. The van der Waals surface area contributed by atoms with Gasteiger partial charge in [0.05, 0.1) is 17.0 Å². The number of hydrogen-bond acceptors (Lipinski definition) is 3. The molecule has 0 bridgehead atoms. The van der Waals surface area contributed by atoms with Crippen LogP contribution in [0.1, 0.15) is 13.3 Å². The number of nitriles is 1. The predicted molar refractivity (Wildman–Crippen MR) is 101 cm³/mol. The number of anilines is 1. The number of rotatable bonds is 6. The molecule has 0 unspecified atom stereocenters. The number of amides is 1. The van der Waals surface area contributed by atoms with Crippen LogP contribution in [0.2, 0.25) is 0 Å². The minimum Gasteiger partial charge on any atom is -0.480 e. The van der Waals surface area contributed by atoms with E-state index >= 15 is 0 Å². The van der Waals surface area contributed by atoms with Crippen LogP contribution in [0.25, 0.3) is 0 Å². The van der Waals surface area contributed by atoms with E-state index < -0.39 is 6.10 Å². The Morgan fingerprint density at radius 2 is 1.96 bits per heavy atom. The van der Waals surface area contributed by atoms with Crippen molar-refractivity contribution in [3.05, 3.63) is 57.5 Å². The molecule has 0 spiro atoms. The zero-order chi connectivity index (χ0) is 17.5. The van der Waals surface area contributed by atoms with E-state index in [1.165, 1.54) is 0 Å². The van der Waals surface area contributed by atoms with Gasteiger partial charge in [0, 0.05) is 16.7 Å². The molecule has 0 heterocycles. The molecule has 0 aliphatic rings. The van der Waals surface area contributed by atoms with Gasteiger partial charge in [0.25, 0.3) is 5.91 Å². The van der Waals surface area contributed by atoms with E-state index in [4.69, 9.17) is 10.00 Å². The monoisotopic (exact) mass is 450 g/mol. The standard InChI is InChI=1S/C18H16Br2N2O2/c1-13(24-17-9-8-14(19)12-16(17)20)18(23)22(11-5-10-21)15-6-3-2-4-7-15/h2-4,6-9,12-13H,5,11H2,1H3/t13-/m1/s1. The van der Waals surface area contributed by atoms with E-state index in [0.717, 1.165) is 14.6 Å². The van der Waals surface area contributed by atoms with E-state index in [1.54, 1.807) is 17.9 Å². The van der Waals surface area contributed by atoms with Crippen LogP contribution < -0.4 is 9.64 Å². The van der Waals surface area contributed by atoms with Gasteiger partial charge in [0.2, 0.25) is 0 Å². The lowest BCUT2D eigenvalue weighted by molar-refractivity contribution is -0.124. The smallest absolute Gasteiger partial charge is 0.267 e. The molecule has 2 rings (SSSR count). The highest BCUT2D eigenvalue weighted by molar-refractivity contribution is 9.11. The quantitative estimate of drug-likeness (QED) is 0.625. The first-order chi connectivity index (χ1) is 11.5. The van der Waals surface area contributed by atoms with Crippen molar-refractivity contribution in [2.24, 2.45) is 0 Å². The Morgan fingerprint density at radius 3 is 2.58 bits per heavy atom. The fourth-order valence-corrected chi connectivity index (χ4v) is 3.31. The van der Waals surface area contributed by atoms with E-state index in [-0.39, 0.29) is 12.3 Å². The van der Waals surface area contributed by atoms with Crippen molar-refractivity contribution in [3.63, 3.8) is 0 Å². The Labute approximate surface area is 158 Å². The molecule has 0 saturated carbocycles. The number of carbonyl (C=O) groups is 1. The van der Waals surface area contributed by atoms with Crippen molar-refractivity contribution < 1.29 is 9.53 Å². The lowest BCUT2D eigenvalue weighted by atomic mass is 10.2.